The van der Waals surface area contributed by atoms with E-state index in [-0.39, 0.29) is 5.15 Å². The number of aromatic nitrogens is 1. The van der Waals surface area contributed by atoms with Crippen LogP contribution in [0.4, 0.5) is 8.78 Å². The molecule has 0 saturated carbocycles. The predicted molar refractivity (Wildman–Crippen MR) is 45.6 cm³/mol. The predicted octanol–water partition coefficient (Wildman–Crippen LogP) is 1.32. The van der Waals surface area contributed by atoms with Crippen molar-refractivity contribution in [1.29, 1.82) is 0 Å². The second kappa shape index (κ2) is 3.76. The lowest BCUT2D eigenvalue weighted by molar-refractivity contribution is 0.146. The summed E-state index contributed by atoms with van der Waals surface area (Å²) in [5.74, 6) is 0. The Morgan fingerprint density at radius 2 is 2.00 bits per heavy atom. The minimum Gasteiger partial charge on any atom is -0.235 e. The Labute approximate surface area is 83.8 Å². The van der Waals surface area contributed by atoms with Crippen LogP contribution in [0.2, 0.25) is 5.15 Å². The molecular weight excluding hydrogens is 238 g/mol. The van der Waals surface area contributed by atoms with E-state index in [1.807, 2.05) is 0 Å². The van der Waals surface area contributed by atoms with Crippen LogP contribution in [0.3, 0.4) is 0 Å². The molecule has 8 heteroatoms. The molecule has 1 aromatic heterocycles. The van der Waals surface area contributed by atoms with Gasteiger partial charge in [0.1, 0.15) is 10.8 Å². The number of hydrogen-bond donors (Lipinski definition) is 1. The Morgan fingerprint density at radius 1 is 1.43 bits per heavy atom. The van der Waals surface area contributed by atoms with Crippen molar-refractivity contribution in [3.8, 4) is 0 Å². The summed E-state index contributed by atoms with van der Waals surface area (Å²) in [7, 11) is -4.04. The van der Waals surface area contributed by atoms with Gasteiger partial charge in [-0.3, -0.25) is 0 Å². The smallest absolute Gasteiger partial charge is 0.235 e. The summed E-state index contributed by atoms with van der Waals surface area (Å²) < 4.78 is 45.9. The third kappa shape index (κ3) is 2.60. The lowest BCUT2D eigenvalue weighted by atomic mass is 10.4. The van der Waals surface area contributed by atoms with Crippen LogP contribution in [0.1, 0.15) is 12.1 Å². The van der Waals surface area contributed by atoms with Crippen LogP contribution in [-0.2, 0) is 10.0 Å². The molecule has 0 radical (unpaired) electrons. The fraction of sp³-hybridized carbons (Fsp3) is 0.167. The maximum atomic E-state index is 12.2. The van der Waals surface area contributed by atoms with Gasteiger partial charge in [0.25, 0.3) is 6.43 Å². The Hall–Kier alpha value is -0.790. The largest absolute Gasteiger partial charge is 0.280 e. The highest BCUT2D eigenvalue weighted by molar-refractivity contribution is 7.89. The molecule has 0 fully saturated rings. The number of alkyl halides is 2. The zero-order chi connectivity index (χ0) is 10.9. The van der Waals surface area contributed by atoms with E-state index in [0.29, 0.717) is 6.07 Å². The van der Waals surface area contributed by atoms with Crippen LogP contribution >= 0.6 is 11.6 Å². The van der Waals surface area contributed by atoms with Gasteiger partial charge in [-0.2, -0.15) is 0 Å². The number of nitrogens with zero attached hydrogens (tertiary/aromatic N) is 1. The zero-order valence-corrected chi connectivity index (χ0v) is 8.19. The van der Waals surface area contributed by atoms with Gasteiger partial charge in [-0.1, -0.05) is 11.6 Å². The van der Waals surface area contributed by atoms with Gasteiger partial charge in [-0.05, 0) is 12.1 Å². The second-order valence-corrected chi connectivity index (χ2v) is 4.34. The first-order valence-electron chi connectivity index (χ1n) is 3.29. The van der Waals surface area contributed by atoms with Crippen molar-refractivity contribution in [2.75, 3.05) is 0 Å². The first kappa shape index (κ1) is 11.3. The lowest BCUT2D eigenvalue weighted by Crippen LogP contribution is -2.13. The summed E-state index contributed by atoms with van der Waals surface area (Å²) >= 11 is 5.34. The average Bonchev–Trinajstić information content (AvgIpc) is 2.01. The average molecular weight is 243 g/mol. The summed E-state index contributed by atoms with van der Waals surface area (Å²) in [5.41, 5.74) is -0.721. The number of pyridine rings is 1. The minimum atomic E-state index is -4.04. The molecular formula is C6H5ClF2N2O2S. The fourth-order valence-electron chi connectivity index (χ4n) is 0.769. The quantitative estimate of drug-likeness (QED) is 0.795. The Kier molecular flexibility index (Phi) is 3.03. The standard InChI is InChI=1S/C6H5ClF2N2O2S/c7-5-2-3(14(10,12)13)1-4(11-5)6(8)9/h1-2,6H,(H2,10,12,13). The van der Waals surface area contributed by atoms with Gasteiger partial charge in [-0.25, -0.2) is 27.3 Å². The van der Waals surface area contributed by atoms with Crippen LogP contribution in [0.25, 0.3) is 0 Å². The van der Waals surface area contributed by atoms with E-state index >= 15 is 0 Å². The SMILES string of the molecule is NS(=O)(=O)c1cc(Cl)nc(C(F)F)c1. The number of hydrogen-bond acceptors (Lipinski definition) is 3. The molecule has 0 aliphatic rings. The molecule has 78 valence electrons. The topological polar surface area (TPSA) is 73.1 Å². The van der Waals surface area contributed by atoms with Crippen molar-refractivity contribution in [3.05, 3.63) is 23.0 Å². The van der Waals surface area contributed by atoms with E-state index in [4.69, 9.17) is 16.7 Å². The van der Waals surface area contributed by atoms with Gasteiger partial charge in [0.05, 0.1) is 4.90 Å². The number of sulfonamides is 1. The van der Waals surface area contributed by atoms with Crippen LogP contribution in [0.15, 0.2) is 17.0 Å². The van der Waals surface area contributed by atoms with Crippen LogP contribution < -0.4 is 5.14 Å². The molecule has 1 heterocycles. The Morgan fingerprint density at radius 3 is 2.43 bits per heavy atom. The fourth-order valence-corrected chi connectivity index (χ4v) is 1.61. The summed E-state index contributed by atoms with van der Waals surface area (Å²) in [5, 5.41) is 4.39. The van der Waals surface area contributed by atoms with Crippen LogP contribution in [0.5, 0.6) is 0 Å². The second-order valence-electron chi connectivity index (χ2n) is 2.40. The van der Waals surface area contributed by atoms with Gasteiger partial charge in [0, 0.05) is 0 Å². The molecule has 1 aromatic rings. The third-order valence-electron chi connectivity index (χ3n) is 1.34. The number of rotatable bonds is 2. The van der Waals surface area contributed by atoms with E-state index in [9.17, 15) is 17.2 Å². The highest BCUT2D eigenvalue weighted by Gasteiger charge is 2.16. The van der Waals surface area contributed by atoms with E-state index in [1.54, 1.807) is 0 Å². The maximum Gasteiger partial charge on any atom is 0.280 e. The third-order valence-corrected chi connectivity index (χ3v) is 2.43. The van der Waals surface area contributed by atoms with E-state index in [0.717, 1.165) is 6.07 Å². The van der Waals surface area contributed by atoms with Gasteiger partial charge >= 0.3 is 0 Å². The lowest BCUT2D eigenvalue weighted by Gasteiger charge is -2.02. The molecule has 0 aliphatic carbocycles. The molecule has 0 aromatic carbocycles. The summed E-state index contributed by atoms with van der Waals surface area (Å²) in [6.45, 7) is 0. The molecule has 0 unspecified atom stereocenters. The molecule has 4 nitrogen and oxygen atoms in total. The Bertz CT molecular complexity index is 449. The monoisotopic (exact) mass is 242 g/mol. The molecule has 1 rings (SSSR count). The van der Waals surface area contributed by atoms with Gasteiger partial charge in [0.2, 0.25) is 10.0 Å². The van der Waals surface area contributed by atoms with Crippen molar-refractivity contribution >= 4 is 21.6 Å². The van der Waals surface area contributed by atoms with E-state index in [1.165, 1.54) is 0 Å². The van der Waals surface area contributed by atoms with Crippen LogP contribution in [0, 0.1) is 0 Å². The first-order valence-corrected chi connectivity index (χ1v) is 5.21. The van der Waals surface area contributed by atoms with E-state index < -0.39 is 27.0 Å². The molecule has 0 aliphatic heterocycles. The van der Waals surface area contributed by atoms with E-state index in [2.05, 4.69) is 4.98 Å². The molecule has 0 atom stereocenters. The molecule has 2 N–H and O–H groups in total. The number of primary sulfonamides is 1. The summed E-state index contributed by atoms with van der Waals surface area (Å²) in [4.78, 5) is 2.76. The van der Waals surface area contributed by atoms with Gasteiger partial charge in [-0.15, -0.1) is 0 Å². The molecule has 14 heavy (non-hydrogen) atoms. The normalized spacial score (nSPS) is 12.1. The van der Waals surface area contributed by atoms with Crippen molar-refractivity contribution in [2.45, 2.75) is 11.3 Å². The Balaban J connectivity index is 3.35. The van der Waals surface area contributed by atoms with Crippen molar-refractivity contribution in [3.63, 3.8) is 0 Å². The highest BCUT2D eigenvalue weighted by atomic mass is 35.5. The van der Waals surface area contributed by atoms with Gasteiger partial charge in [0.15, 0.2) is 0 Å². The number of halogens is 3. The van der Waals surface area contributed by atoms with Crippen LogP contribution in [-0.4, -0.2) is 13.4 Å². The highest BCUT2D eigenvalue weighted by Crippen LogP contribution is 2.22. The van der Waals surface area contributed by atoms with Crippen molar-refractivity contribution in [2.24, 2.45) is 5.14 Å². The molecule has 0 amide bonds. The first-order chi connectivity index (χ1) is 6.30. The zero-order valence-electron chi connectivity index (χ0n) is 6.62. The van der Waals surface area contributed by atoms with Gasteiger partial charge < -0.3 is 0 Å². The molecule has 0 spiro atoms. The maximum absolute atomic E-state index is 12.2. The minimum absolute atomic E-state index is 0.341. The molecule has 0 saturated heterocycles. The molecule has 0 bridgehead atoms. The summed E-state index contributed by atoms with van der Waals surface area (Å²) in [6, 6.07) is 1.59. The van der Waals surface area contributed by atoms with Crippen molar-refractivity contribution in [1.82, 2.24) is 4.98 Å². The summed E-state index contributed by atoms with van der Waals surface area (Å²) in [6.07, 6.45) is -2.89. The number of nitrogens with two attached hydrogens (primary N) is 1. The van der Waals surface area contributed by atoms with Crippen molar-refractivity contribution < 1.29 is 17.2 Å².